The molecule has 0 saturated carbocycles. The minimum absolute atomic E-state index is 0.0534. The molecule has 0 fully saturated rings. The molecule has 122 valence electrons. The summed E-state index contributed by atoms with van der Waals surface area (Å²) in [4.78, 5) is 10.3. The lowest BCUT2D eigenvalue weighted by Gasteiger charge is -2.33. The van der Waals surface area contributed by atoms with Crippen LogP contribution in [0, 0.1) is 5.82 Å². The maximum atomic E-state index is 14.2. The summed E-state index contributed by atoms with van der Waals surface area (Å²) in [6, 6.07) is 7.00. The number of aromatic nitrogens is 5. The minimum atomic E-state index is -0.437. The van der Waals surface area contributed by atoms with E-state index >= 15 is 0 Å². The van der Waals surface area contributed by atoms with Gasteiger partial charge in [-0.05, 0) is 25.1 Å². The van der Waals surface area contributed by atoms with Crippen LogP contribution in [-0.4, -0.2) is 31.3 Å². The second-order valence-corrected chi connectivity index (χ2v) is 6.15. The van der Waals surface area contributed by atoms with Crippen molar-refractivity contribution in [1.29, 1.82) is 0 Å². The van der Waals surface area contributed by atoms with Gasteiger partial charge in [-0.25, -0.2) is 9.37 Å². The number of hydrogen-bond acceptors (Lipinski definition) is 5. The van der Waals surface area contributed by atoms with Crippen LogP contribution in [0.4, 0.5) is 10.2 Å². The summed E-state index contributed by atoms with van der Waals surface area (Å²) in [7, 11) is 0. The Kier molecular flexibility index (Phi) is 3.65. The van der Waals surface area contributed by atoms with Gasteiger partial charge in [-0.1, -0.05) is 17.7 Å². The van der Waals surface area contributed by atoms with E-state index in [2.05, 4.69) is 20.2 Å². The van der Waals surface area contributed by atoms with Crippen LogP contribution in [0.3, 0.4) is 0 Å². The molecule has 0 bridgehead atoms. The molecule has 0 saturated heterocycles. The second kappa shape index (κ2) is 5.83. The van der Waals surface area contributed by atoms with E-state index in [1.54, 1.807) is 6.20 Å². The lowest BCUT2D eigenvalue weighted by atomic mass is 10.2. The molecule has 0 N–H and O–H groups in total. The average molecular weight is 345 g/mol. The van der Waals surface area contributed by atoms with Gasteiger partial charge in [-0.3, -0.25) is 4.98 Å². The number of fused-ring (bicyclic) bond motifs is 1. The maximum absolute atomic E-state index is 14.2. The Morgan fingerprint density at radius 3 is 2.88 bits per heavy atom. The molecule has 1 aliphatic heterocycles. The van der Waals surface area contributed by atoms with Crippen LogP contribution in [0.25, 0.3) is 11.5 Å². The summed E-state index contributed by atoms with van der Waals surface area (Å²) in [5, 5.41) is 8.81. The van der Waals surface area contributed by atoms with Gasteiger partial charge in [0.25, 0.3) is 0 Å². The van der Waals surface area contributed by atoms with Gasteiger partial charge in [0.15, 0.2) is 23.3 Å². The smallest absolute Gasteiger partial charge is 0.182 e. The predicted octanol–water partition coefficient (Wildman–Crippen LogP) is 3.11. The molecular formula is C16H14ClFN6. The van der Waals surface area contributed by atoms with E-state index in [1.165, 1.54) is 12.3 Å². The fourth-order valence-electron chi connectivity index (χ4n) is 3.00. The van der Waals surface area contributed by atoms with Gasteiger partial charge < -0.3 is 9.47 Å². The molecule has 0 amide bonds. The van der Waals surface area contributed by atoms with Crippen molar-refractivity contribution in [2.24, 2.45) is 0 Å². The first-order valence-electron chi connectivity index (χ1n) is 7.54. The molecule has 0 spiro atoms. The first kappa shape index (κ1) is 15.0. The van der Waals surface area contributed by atoms with E-state index in [0.717, 1.165) is 17.3 Å². The Balaban J connectivity index is 1.71. The first-order valence-corrected chi connectivity index (χ1v) is 7.92. The van der Waals surface area contributed by atoms with Gasteiger partial charge >= 0.3 is 0 Å². The zero-order chi connectivity index (χ0) is 16.7. The summed E-state index contributed by atoms with van der Waals surface area (Å²) >= 11 is 5.78. The predicted molar refractivity (Wildman–Crippen MR) is 88.2 cm³/mol. The average Bonchev–Trinajstić information content (AvgIpc) is 3.00. The minimum Gasteiger partial charge on any atom is -0.345 e. The molecule has 0 aliphatic carbocycles. The Hall–Kier alpha value is -2.54. The van der Waals surface area contributed by atoms with Crippen LogP contribution >= 0.6 is 11.6 Å². The SMILES string of the molecule is C[C@H]1CN(c2ncc(Cl)cc2F)Cc2nnc(-c3ccccn3)n21. The lowest BCUT2D eigenvalue weighted by Crippen LogP contribution is -2.37. The molecule has 3 aromatic rings. The fraction of sp³-hybridized carbons (Fsp3) is 0.250. The first-order chi connectivity index (χ1) is 11.6. The fourth-order valence-corrected chi connectivity index (χ4v) is 3.15. The van der Waals surface area contributed by atoms with Gasteiger partial charge in [0.05, 0.1) is 17.6 Å². The maximum Gasteiger partial charge on any atom is 0.182 e. The highest BCUT2D eigenvalue weighted by atomic mass is 35.5. The van der Waals surface area contributed by atoms with Crippen LogP contribution in [-0.2, 0) is 6.54 Å². The molecule has 3 aromatic heterocycles. The molecule has 8 heteroatoms. The topological polar surface area (TPSA) is 59.7 Å². The molecule has 0 unspecified atom stereocenters. The third-order valence-electron chi connectivity index (χ3n) is 4.01. The Morgan fingerprint density at radius 2 is 2.12 bits per heavy atom. The van der Waals surface area contributed by atoms with Gasteiger partial charge in [-0.2, -0.15) is 0 Å². The lowest BCUT2D eigenvalue weighted by molar-refractivity contribution is 0.458. The highest BCUT2D eigenvalue weighted by Crippen LogP contribution is 2.30. The van der Waals surface area contributed by atoms with Crippen LogP contribution in [0.2, 0.25) is 5.02 Å². The van der Waals surface area contributed by atoms with Crippen LogP contribution in [0.5, 0.6) is 0 Å². The van der Waals surface area contributed by atoms with Gasteiger partial charge in [0.2, 0.25) is 0 Å². The molecule has 6 nitrogen and oxygen atoms in total. The van der Waals surface area contributed by atoms with Crippen molar-refractivity contribution in [3.8, 4) is 11.5 Å². The molecule has 4 rings (SSSR count). The largest absolute Gasteiger partial charge is 0.345 e. The molecule has 4 heterocycles. The summed E-state index contributed by atoms with van der Waals surface area (Å²) in [5.74, 6) is 1.32. The molecule has 1 atom stereocenters. The van der Waals surface area contributed by atoms with Crippen LogP contribution < -0.4 is 4.90 Å². The second-order valence-electron chi connectivity index (χ2n) is 5.71. The molecular weight excluding hydrogens is 331 g/mol. The van der Waals surface area contributed by atoms with Crippen molar-refractivity contribution >= 4 is 17.4 Å². The van der Waals surface area contributed by atoms with Crippen molar-refractivity contribution in [2.75, 3.05) is 11.4 Å². The zero-order valence-corrected chi connectivity index (χ0v) is 13.7. The van der Waals surface area contributed by atoms with Gasteiger partial charge in [0.1, 0.15) is 5.69 Å². The third kappa shape index (κ3) is 2.50. The molecule has 1 aliphatic rings. The van der Waals surface area contributed by atoms with E-state index in [0.29, 0.717) is 13.1 Å². The normalized spacial score (nSPS) is 17.0. The number of nitrogens with zero attached hydrogens (tertiary/aromatic N) is 6. The van der Waals surface area contributed by atoms with Gasteiger partial charge in [-0.15, -0.1) is 10.2 Å². The summed E-state index contributed by atoms with van der Waals surface area (Å²) < 4.78 is 16.2. The van der Waals surface area contributed by atoms with Crippen LogP contribution in [0.15, 0.2) is 36.7 Å². The highest BCUT2D eigenvalue weighted by molar-refractivity contribution is 6.30. The molecule has 0 aromatic carbocycles. The van der Waals surface area contributed by atoms with E-state index in [-0.39, 0.29) is 16.9 Å². The Bertz CT molecular complexity index is 882. The number of anilines is 1. The Labute approximate surface area is 142 Å². The highest BCUT2D eigenvalue weighted by Gasteiger charge is 2.29. The summed E-state index contributed by atoms with van der Waals surface area (Å²) in [5.41, 5.74) is 0.771. The quantitative estimate of drug-likeness (QED) is 0.715. The zero-order valence-electron chi connectivity index (χ0n) is 12.9. The van der Waals surface area contributed by atoms with Crippen molar-refractivity contribution in [1.82, 2.24) is 24.7 Å². The summed E-state index contributed by atoms with van der Waals surface area (Å²) in [6.07, 6.45) is 3.17. The van der Waals surface area contributed by atoms with Gasteiger partial charge in [0, 0.05) is 18.9 Å². The van der Waals surface area contributed by atoms with E-state index in [9.17, 15) is 4.39 Å². The Morgan fingerprint density at radius 1 is 1.25 bits per heavy atom. The van der Waals surface area contributed by atoms with Crippen molar-refractivity contribution in [3.63, 3.8) is 0 Å². The number of rotatable bonds is 2. The van der Waals surface area contributed by atoms with Crippen molar-refractivity contribution in [2.45, 2.75) is 19.5 Å². The van der Waals surface area contributed by atoms with E-state index in [1.807, 2.05) is 34.6 Å². The van der Waals surface area contributed by atoms with Crippen molar-refractivity contribution < 1.29 is 4.39 Å². The molecule has 24 heavy (non-hydrogen) atoms. The number of hydrogen-bond donors (Lipinski definition) is 0. The standard InChI is InChI=1S/C16H14ClFN6/c1-10-8-23(15-12(18)6-11(17)7-20-15)9-14-21-22-16(24(10)14)13-4-2-3-5-19-13/h2-7,10H,8-9H2,1H3/t10-/m0/s1. The summed E-state index contributed by atoms with van der Waals surface area (Å²) in [6.45, 7) is 3.06. The van der Waals surface area contributed by atoms with Crippen molar-refractivity contribution in [3.05, 3.63) is 53.3 Å². The number of pyridine rings is 2. The monoisotopic (exact) mass is 344 g/mol. The van der Waals surface area contributed by atoms with E-state index in [4.69, 9.17) is 11.6 Å². The van der Waals surface area contributed by atoms with Crippen LogP contribution in [0.1, 0.15) is 18.8 Å². The number of halogens is 2. The third-order valence-corrected chi connectivity index (χ3v) is 4.21. The van der Waals surface area contributed by atoms with E-state index < -0.39 is 5.82 Å². The molecule has 0 radical (unpaired) electrons.